The molecule has 0 radical (unpaired) electrons. The van der Waals surface area contributed by atoms with Gasteiger partial charge in [-0.1, -0.05) is 70.4 Å². The summed E-state index contributed by atoms with van der Waals surface area (Å²) in [4.78, 5) is 10.3. The van der Waals surface area contributed by atoms with Crippen LogP contribution in [0.15, 0.2) is 12.2 Å². The van der Waals surface area contributed by atoms with Gasteiger partial charge in [0.05, 0.1) is 0 Å². The highest BCUT2D eigenvalue weighted by Gasteiger charge is 1.95. The fourth-order valence-corrected chi connectivity index (χ4v) is 2.35. The average Bonchev–Trinajstić information content (AvgIpc) is 2.43. The Balaban J connectivity index is 3.07. The summed E-state index contributed by atoms with van der Waals surface area (Å²) in [6.07, 6.45) is 21.2. The molecule has 0 bridgehead atoms. The second-order valence-electron chi connectivity index (χ2n) is 5.73. The van der Waals surface area contributed by atoms with Gasteiger partial charge in [0.2, 0.25) is 0 Å². The predicted octanol–water partition coefficient (Wildman–Crippen LogP) is 6.11. The second kappa shape index (κ2) is 16.3. The van der Waals surface area contributed by atoms with Crippen molar-refractivity contribution >= 4 is 5.97 Å². The van der Waals surface area contributed by atoms with Crippen molar-refractivity contribution in [3.8, 4) is 0 Å². The first-order chi connectivity index (χ1) is 9.77. The monoisotopic (exact) mass is 291 g/mol. The first-order valence-electron chi connectivity index (χ1n) is 8.64. The molecular weight excluding hydrogens is 257 g/mol. The van der Waals surface area contributed by atoms with Crippen molar-refractivity contribution in [1.82, 2.24) is 0 Å². The van der Waals surface area contributed by atoms with Crippen molar-refractivity contribution in [3.63, 3.8) is 0 Å². The van der Waals surface area contributed by atoms with Crippen LogP contribution in [-0.4, -0.2) is 11.1 Å². The molecule has 0 fully saturated rings. The highest BCUT2D eigenvalue weighted by molar-refractivity contribution is 5.66. The third kappa shape index (κ3) is 17.2. The van der Waals surface area contributed by atoms with Gasteiger partial charge >= 0.3 is 5.97 Å². The molecule has 118 valence electrons. The van der Waals surface area contributed by atoms with E-state index in [0.717, 1.165) is 12.8 Å². The Hall–Kier alpha value is -0.790. The molecule has 0 unspecified atom stereocenters. The van der Waals surface area contributed by atoms with Crippen LogP contribution in [0.1, 0.15) is 96.8 Å². The van der Waals surface area contributed by atoms with Gasteiger partial charge in [-0.25, -0.2) is 0 Å². The van der Waals surface area contributed by atoms with E-state index in [4.69, 9.17) is 5.11 Å². The second-order valence-corrected chi connectivity index (χ2v) is 5.73. The molecule has 1 N–H and O–H groups in total. The molecular formula is C18H34O2. The van der Waals surface area contributed by atoms with Crippen LogP contribution in [-0.2, 0) is 4.79 Å². The Bertz CT molecular complexity index is 234. The largest absolute Gasteiger partial charge is 0.481 e. The number of hydrogen-bond donors (Lipinski definition) is 1. The number of unbranched alkanes of at least 4 members (excludes halogenated alkanes) is 11. The topological polar surface area (TPSA) is 37.3 Å². The fraction of sp³-hybridized carbons (Fsp3) is 0.833. The normalized spacial score (nSPS) is 11.2. The molecule has 0 aliphatic rings. The molecule has 0 rings (SSSR count). The van der Waals surface area contributed by atoms with Gasteiger partial charge in [-0.3, -0.25) is 4.79 Å². The first kappa shape index (κ1) is 19.2. The average molecular weight is 291 g/mol. The van der Waals surface area contributed by atoms with Gasteiger partial charge in [0, 0.05) is 6.42 Å². The van der Waals surface area contributed by atoms with Gasteiger partial charge in [-0.05, 0) is 32.1 Å². The van der Waals surface area contributed by atoms with E-state index < -0.39 is 5.97 Å². The van der Waals surface area contributed by atoms with Crippen LogP contribution in [0.2, 0.25) is 0 Å². The molecule has 2 heteroatoms. The van der Waals surface area contributed by atoms with Crippen molar-refractivity contribution in [2.24, 2.45) is 0 Å². The van der Waals surface area contributed by atoms with Crippen LogP contribution in [0.5, 0.6) is 0 Å². The van der Waals surface area contributed by atoms with Gasteiger partial charge in [0.1, 0.15) is 0 Å². The zero-order valence-electron chi connectivity index (χ0n) is 13.4. The molecule has 0 heterocycles. The van der Waals surface area contributed by atoms with E-state index in [1.165, 1.54) is 70.6 Å². The third-order valence-electron chi connectivity index (χ3n) is 3.65. The minimum Gasteiger partial charge on any atom is -0.481 e. The van der Waals surface area contributed by atoms with Crippen LogP contribution in [0.3, 0.4) is 0 Å². The van der Waals surface area contributed by atoms with Gasteiger partial charge < -0.3 is 5.11 Å². The number of hydrogen-bond acceptors (Lipinski definition) is 1. The summed E-state index contributed by atoms with van der Waals surface area (Å²) >= 11 is 0. The van der Waals surface area contributed by atoms with E-state index in [9.17, 15) is 4.79 Å². The summed E-state index contributed by atoms with van der Waals surface area (Å²) in [5, 5.41) is 8.51. The van der Waals surface area contributed by atoms with Crippen LogP contribution in [0.4, 0.5) is 0 Å². The van der Waals surface area contributed by atoms with E-state index in [1.807, 2.05) is 0 Å². The molecule has 0 saturated carbocycles. The van der Waals surface area contributed by atoms with Gasteiger partial charge in [0.25, 0.3) is 0 Å². The Kier molecular flexibility index (Phi) is 15.6. The zero-order valence-corrected chi connectivity index (χ0v) is 13.4. The number of carbonyl (C=O) groups is 1. The standard InChI is InChI=1S/C18H34O2/c1-2-3-4-5-6-7-8-9-10-11-12-13-14-15-16-17-18(19)20/h9-10H,2-8,11-17H2,1H3,(H,19,20)/b10-9-/i1+1,3+1,5+1,7+1,9+1,11+1,13+1,15+1,17+1. The lowest BCUT2D eigenvalue weighted by atomic mass is 10.5. The van der Waals surface area contributed by atoms with Crippen molar-refractivity contribution in [2.75, 3.05) is 0 Å². The fourth-order valence-electron chi connectivity index (χ4n) is 2.35. The summed E-state index contributed by atoms with van der Waals surface area (Å²) in [6.45, 7) is 2.26. The summed E-state index contributed by atoms with van der Waals surface area (Å²) in [5.41, 5.74) is 0. The third-order valence-corrected chi connectivity index (χ3v) is 3.65. The van der Waals surface area contributed by atoms with Crippen LogP contribution < -0.4 is 0 Å². The Labute approximate surface area is 125 Å². The number of aliphatic carboxylic acids is 1. The van der Waals surface area contributed by atoms with E-state index >= 15 is 0 Å². The molecule has 0 amide bonds. The van der Waals surface area contributed by atoms with E-state index in [2.05, 4.69) is 19.1 Å². The molecule has 0 aliphatic carbocycles. The van der Waals surface area contributed by atoms with Crippen molar-refractivity contribution in [1.29, 1.82) is 0 Å². The summed E-state index contributed by atoms with van der Waals surface area (Å²) in [6, 6.07) is 0. The molecule has 20 heavy (non-hydrogen) atoms. The van der Waals surface area contributed by atoms with Crippen molar-refractivity contribution in [2.45, 2.75) is 96.8 Å². The summed E-state index contributed by atoms with van der Waals surface area (Å²) in [5.74, 6) is -0.664. The molecule has 0 aromatic rings. The summed E-state index contributed by atoms with van der Waals surface area (Å²) < 4.78 is 0. The Morgan fingerprint density at radius 2 is 1.20 bits per heavy atom. The van der Waals surface area contributed by atoms with E-state index in [1.54, 1.807) is 0 Å². The zero-order chi connectivity index (χ0) is 14.9. The maximum Gasteiger partial charge on any atom is 0.303 e. The lowest BCUT2D eigenvalue weighted by Crippen LogP contribution is -1.93. The quantitative estimate of drug-likeness (QED) is 0.224. The smallest absolute Gasteiger partial charge is 0.303 e. The first-order valence-corrected chi connectivity index (χ1v) is 8.64. The van der Waals surface area contributed by atoms with Crippen molar-refractivity contribution < 1.29 is 9.90 Å². The number of carboxylic acids is 1. The highest BCUT2D eigenvalue weighted by Crippen LogP contribution is 2.09. The van der Waals surface area contributed by atoms with Gasteiger partial charge in [-0.2, -0.15) is 0 Å². The minimum atomic E-state index is -0.664. The minimum absolute atomic E-state index is 0.332. The van der Waals surface area contributed by atoms with Gasteiger partial charge in [-0.15, -0.1) is 0 Å². The number of allylic oxidation sites excluding steroid dienone is 2. The van der Waals surface area contributed by atoms with Crippen molar-refractivity contribution in [3.05, 3.63) is 12.2 Å². The lowest BCUT2D eigenvalue weighted by molar-refractivity contribution is -0.137. The number of rotatable bonds is 15. The van der Waals surface area contributed by atoms with E-state index in [0.29, 0.717) is 6.42 Å². The molecule has 2 nitrogen and oxygen atoms in total. The SMILES string of the molecule is [13CH3]C[13CH2]C[13CH2]C[13CH2]C/[13CH]=C\[13CH2]C[13CH2]C[13CH2]C[13CH2]C(=O)O. The molecule has 0 aromatic carbocycles. The molecule has 0 atom stereocenters. The van der Waals surface area contributed by atoms with Gasteiger partial charge in [0.15, 0.2) is 0 Å². The summed E-state index contributed by atoms with van der Waals surface area (Å²) in [7, 11) is 0. The van der Waals surface area contributed by atoms with Crippen LogP contribution in [0, 0.1) is 0 Å². The molecule has 0 aromatic heterocycles. The highest BCUT2D eigenvalue weighted by atomic mass is 16.4. The van der Waals surface area contributed by atoms with Crippen LogP contribution in [0.25, 0.3) is 0 Å². The molecule has 0 aliphatic heterocycles. The maximum atomic E-state index is 10.3. The maximum absolute atomic E-state index is 10.3. The van der Waals surface area contributed by atoms with E-state index in [-0.39, 0.29) is 0 Å². The molecule has 0 saturated heterocycles. The molecule has 0 spiro atoms. The lowest BCUT2D eigenvalue weighted by Gasteiger charge is -1.99. The Morgan fingerprint density at radius 1 is 0.750 bits per heavy atom. The predicted molar refractivity (Wildman–Crippen MR) is 87.1 cm³/mol. The Morgan fingerprint density at radius 3 is 1.70 bits per heavy atom. The van der Waals surface area contributed by atoms with Crippen LogP contribution >= 0.6 is 0 Å². The number of carboxylic acid groups (broad SMARTS) is 1.